The molecular weight excluding hydrogens is 464 g/mol. The van der Waals surface area contributed by atoms with Crippen LogP contribution in [0.3, 0.4) is 0 Å². The lowest BCUT2D eigenvalue weighted by atomic mass is 9.82. The average molecular weight is 489 g/mol. The normalized spacial score (nSPS) is 17.2. The Morgan fingerprint density at radius 2 is 2.00 bits per heavy atom. The van der Waals surface area contributed by atoms with Gasteiger partial charge in [-0.2, -0.15) is 5.01 Å². The summed E-state index contributed by atoms with van der Waals surface area (Å²) in [6, 6.07) is 6.33. The lowest BCUT2D eigenvalue weighted by molar-refractivity contribution is -0.140. The van der Waals surface area contributed by atoms with Gasteiger partial charge in [0.1, 0.15) is 9.88 Å². The SMILES string of the molecule is Cc1csc(SCc2ccccc2C(=O)OCC(=O)NN2C(=O)NC3(CCCCC3)C2=O)n1. The second-order valence-electron chi connectivity index (χ2n) is 8.03. The Balaban J connectivity index is 1.32. The van der Waals surface area contributed by atoms with Crippen LogP contribution in [0.2, 0.25) is 0 Å². The van der Waals surface area contributed by atoms with Crippen molar-refractivity contribution in [3.8, 4) is 0 Å². The van der Waals surface area contributed by atoms with Gasteiger partial charge in [0.2, 0.25) is 0 Å². The Hall–Kier alpha value is -2.92. The smallest absolute Gasteiger partial charge is 0.344 e. The zero-order chi connectivity index (χ0) is 23.4. The predicted octanol–water partition coefficient (Wildman–Crippen LogP) is 3.19. The van der Waals surface area contributed by atoms with Crippen molar-refractivity contribution in [3.63, 3.8) is 0 Å². The molecule has 1 aromatic carbocycles. The van der Waals surface area contributed by atoms with Gasteiger partial charge in [0, 0.05) is 16.8 Å². The minimum absolute atomic E-state index is 0.349. The number of imide groups is 1. The van der Waals surface area contributed by atoms with Crippen LogP contribution in [-0.4, -0.2) is 46.0 Å². The van der Waals surface area contributed by atoms with Crippen LogP contribution in [-0.2, 0) is 20.1 Å². The lowest BCUT2D eigenvalue weighted by Gasteiger charge is -2.30. The van der Waals surface area contributed by atoms with Gasteiger partial charge in [-0.15, -0.1) is 11.3 Å². The number of hydrazine groups is 1. The van der Waals surface area contributed by atoms with Crippen molar-refractivity contribution in [2.24, 2.45) is 0 Å². The van der Waals surface area contributed by atoms with Crippen LogP contribution < -0.4 is 10.7 Å². The Bertz CT molecular complexity index is 1080. The fourth-order valence-electron chi connectivity index (χ4n) is 3.97. The van der Waals surface area contributed by atoms with Gasteiger partial charge in [-0.1, -0.05) is 49.2 Å². The summed E-state index contributed by atoms with van der Waals surface area (Å²) in [5.74, 6) is -1.36. The molecule has 4 amide bonds. The van der Waals surface area contributed by atoms with Gasteiger partial charge in [0.05, 0.1) is 5.56 Å². The highest BCUT2D eigenvalue weighted by Crippen LogP contribution is 2.33. The van der Waals surface area contributed by atoms with Gasteiger partial charge in [0.15, 0.2) is 6.61 Å². The first kappa shape index (κ1) is 23.2. The molecule has 174 valence electrons. The van der Waals surface area contributed by atoms with Crippen LogP contribution in [0.1, 0.15) is 53.7 Å². The number of hydrogen-bond donors (Lipinski definition) is 2. The second kappa shape index (κ2) is 9.92. The maximum Gasteiger partial charge on any atom is 0.344 e. The number of hydrogen-bond acceptors (Lipinski definition) is 8. The molecule has 1 aliphatic heterocycles. The third-order valence-corrected chi connectivity index (χ3v) is 7.81. The number of carbonyl (C=O) groups excluding carboxylic acids is 4. The number of carbonyl (C=O) groups is 4. The van der Waals surface area contributed by atoms with Crippen molar-refractivity contribution in [1.29, 1.82) is 0 Å². The van der Waals surface area contributed by atoms with E-state index in [1.165, 1.54) is 23.1 Å². The van der Waals surface area contributed by atoms with Crippen molar-refractivity contribution >= 4 is 46.9 Å². The van der Waals surface area contributed by atoms with Crippen molar-refractivity contribution in [1.82, 2.24) is 20.7 Å². The molecular formula is C22H24N4O5S2. The molecule has 0 unspecified atom stereocenters. The first-order chi connectivity index (χ1) is 15.9. The van der Waals surface area contributed by atoms with Crippen molar-refractivity contribution < 1.29 is 23.9 Å². The van der Waals surface area contributed by atoms with E-state index in [1.807, 2.05) is 24.4 Å². The van der Waals surface area contributed by atoms with E-state index in [4.69, 9.17) is 4.74 Å². The van der Waals surface area contributed by atoms with E-state index < -0.39 is 36.0 Å². The van der Waals surface area contributed by atoms with Gasteiger partial charge in [-0.3, -0.25) is 15.0 Å². The highest BCUT2D eigenvalue weighted by molar-refractivity contribution is 8.00. The van der Waals surface area contributed by atoms with E-state index >= 15 is 0 Å². The van der Waals surface area contributed by atoms with E-state index in [0.717, 1.165) is 34.9 Å². The summed E-state index contributed by atoms with van der Waals surface area (Å²) in [4.78, 5) is 54.3. The fourth-order valence-corrected chi connectivity index (χ4v) is 5.82. The number of rotatable bonds is 7. The summed E-state index contributed by atoms with van der Waals surface area (Å²) >= 11 is 3.05. The molecule has 1 saturated carbocycles. The first-order valence-electron chi connectivity index (χ1n) is 10.6. The molecule has 11 heteroatoms. The monoisotopic (exact) mass is 488 g/mol. The molecule has 4 rings (SSSR count). The topological polar surface area (TPSA) is 118 Å². The summed E-state index contributed by atoms with van der Waals surface area (Å²) < 4.78 is 6.06. The van der Waals surface area contributed by atoms with Crippen LogP contribution in [0.15, 0.2) is 34.0 Å². The number of nitrogens with zero attached hydrogens (tertiary/aromatic N) is 2. The number of aryl methyl sites for hydroxylation is 1. The number of amides is 4. The molecule has 2 aromatic rings. The summed E-state index contributed by atoms with van der Waals surface area (Å²) in [6.07, 6.45) is 3.79. The van der Waals surface area contributed by atoms with Crippen molar-refractivity contribution in [2.75, 3.05) is 6.61 Å². The van der Waals surface area contributed by atoms with Crippen molar-refractivity contribution in [2.45, 2.75) is 54.7 Å². The number of benzene rings is 1. The van der Waals surface area contributed by atoms with Gasteiger partial charge >= 0.3 is 12.0 Å². The maximum absolute atomic E-state index is 12.7. The van der Waals surface area contributed by atoms with Crippen molar-refractivity contribution in [3.05, 3.63) is 46.5 Å². The van der Waals surface area contributed by atoms with E-state index in [-0.39, 0.29) is 0 Å². The van der Waals surface area contributed by atoms with Gasteiger partial charge in [-0.05, 0) is 31.4 Å². The van der Waals surface area contributed by atoms with Gasteiger partial charge in [0.25, 0.3) is 11.8 Å². The molecule has 0 atom stereocenters. The number of esters is 1. The molecule has 2 fully saturated rings. The Labute approximate surface area is 199 Å². The quantitative estimate of drug-likeness (QED) is 0.349. The Kier molecular flexibility index (Phi) is 6.99. The standard InChI is InChI=1S/C22H24N4O5S2/c1-14-12-32-21(23-14)33-13-15-7-3-4-8-16(15)18(28)31-11-17(27)25-26-19(29)22(24-20(26)30)9-5-2-6-10-22/h3-4,7-8,12H,2,5-6,9-11,13H2,1H3,(H,24,30)(H,25,27). The number of urea groups is 1. The second-order valence-corrected chi connectivity index (χ2v) is 10.1. The number of aromatic nitrogens is 1. The number of ether oxygens (including phenoxy) is 1. The van der Waals surface area contributed by atoms with E-state index in [0.29, 0.717) is 29.2 Å². The largest absolute Gasteiger partial charge is 0.452 e. The zero-order valence-electron chi connectivity index (χ0n) is 18.1. The van der Waals surface area contributed by atoms with E-state index in [9.17, 15) is 19.2 Å². The molecule has 33 heavy (non-hydrogen) atoms. The van der Waals surface area contributed by atoms with E-state index in [1.54, 1.807) is 12.1 Å². The minimum atomic E-state index is -0.939. The summed E-state index contributed by atoms with van der Waals surface area (Å²) in [5, 5.41) is 5.37. The summed E-state index contributed by atoms with van der Waals surface area (Å²) in [7, 11) is 0. The average Bonchev–Trinajstić information content (AvgIpc) is 3.33. The van der Waals surface area contributed by atoms with Gasteiger partial charge in [-0.25, -0.2) is 14.6 Å². The molecule has 1 saturated heterocycles. The molecule has 0 bridgehead atoms. The van der Waals surface area contributed by atoms with Crippen LogP contribution >= 0.6 is 23.1 Å². The molecule has 2 aliphatic rings. The van der Waals surface area contributed by atoms with Crippen LogP contribution in [0.5, 0.6) is 0 Å². The van der Waals surface area contributed by atoms with Crippen LogP contribution in [0.25, 0.3) is 0 Å². The summed E-state index contributed by atoms with van der Waals surface area (Å²) in [6.45, 7) is 1.31. The Morgan fingerprint density at radius 1 is 1.24 bits per heavy atom. The number of thiazole rings is 1. The lowest BCUT2D eigenvalue weighted by Crippen LogP contribution is -2.51. The Morgan fingerprint density at radius 3 is 2.73 bits per heavy atom. The van der Waals surface area contributed by atoms with Crippen LogP contribution in [0.4, 0.5) is 4.79 Å². The molecule has 0 radical (unpaired) electrons. The molecule has 1 spiro atoms. The number of thioether (sulfide) groups is 1. The van der Waals surface area contributed by atoms with Gasteiger partial charge < -0.3 is 10.1 Å². The zero-order valence-corrected chi connectivity index (χ0v) is 19.7. The highest BCUT2D eigenvalue weighted by atomic mass is 32.2. The number of nitrogens with one attached hydrogen (secondary N) is 2. The molecule has 1 aromatic heterocycles. The third-order valence-electron chi connectivity index (χ3n) is 5.63. The molecule has 1 aliphatic carbocycles. The fraction of sp³-hybridized carbons (Fsp3) is 0.409. The molecule has 2 N–H and O–H groups in total. The summed E-state index contributed by atoms with van der Waals surface area (Å²) in [5.41, 5.74) is 3.38. The third kappa shape index (κ3) is 5.19. The highest BCUT2D eigenvalue weighted by Gasteiger charge is 2.52. The molecule has 9 nitrogen and oxygen atoms in total. The first-order valence-corrected chi connectivity index (χ1v) is 12.5. The van der Waals surface area contributed by atoms with E-state index in [2.05, 4.69) is 15.7 Å². The maximum atomic E-state index is 12.7. The minimum Gasteiger partial charge on any atom is -0.452 e. The molecule has 2 heterocycles. The predicted molar refractivity (Wildman–Crippen MR) is 122 cm³/mol. The van der Waals surface area contributed by atoms with Crippen LogP contribution in [0, 0.1) is 6.92 Å².